The number of hydrogen-bond donors (Lipinski definition) is 0. The molecule has 1 aromatic rings. The van der Waals surface area contributed by atoms with Crippen molar-refractivity contribution >= 4 is 23.6 Å². The van der Waals surface area contributed by atoms with Gasteiger partial charge in [0.15, 0.2) is 0 Å². The van der Waals surface area contributed by atoms with Gasteiger partial charge in [-0.3, -0.25) is 0 Å². The fraction of sp³-hybridized carbons (Fsp3) is 0.273. The van der Waals surface area contributed by atoms with Gasteiger partial charge in [-0.1, -0.05) is 12.2 Å². The lowest BCUT2D eigenvalue weighted by atomic mass is 10.2. The number of esters is 1. The van der Waals surface area contributed by atoms with Crippen molar-refractivity contribution in [3.63, 3.8) is 0 Å². The molecule has 0 aliphatic rings. The molecule has 0 aliphatic carbocycles. The van der Waals surface area contributed by atoms with Crippen molar-refractivity contribution in [2.24, 2.45) is 0 Å². The van der Waals surface area contributed by atoms with E-state index in [0.717, 1.165) is 0 Å². The second kappa shape index (κ2) is 6.23. The molecule has 0 spiro atoms. The summed E-state index contributed by atoms with van der Waals surface area (Å²) in [7, 11) is 1.19. The Morgan fingerprint density at radius 2 is 2.44 bits per heavy atom. The van der Waals surface area contributed by atoms with Crippen LogP contribution in [0.2, 0.25) is 0 Å². The normalized spacial score (nSPS) is 10.7. The number of ether oxygens (including phenoxy) is 1. The van der Waals surface area contributed by atoms with Crippen molar-refractivity contribution < 1.29 is 13.9 Å². The van der Waals surface area contributed by atoms with Crippen LogP contribution in [0, 0.1) is 5.95 Å². The molecule has 1 rings (SSSR count). The van der Waals surface area contributed by atoms with Gasteiger partial charge in [-0.2, -0.15) is 4.39 Å². The summed E-state index contributed by atoms with van der Waals surface area (Å²) in [4.78, 5) is 14.6. The van der Waals surface area contributed by atoms with Gasteiger partial charge in [0.1, 0.15) is 5.56 Å². The molecule has 0 amide bonds. The number of alkyl halides is 1. The number of nitrogens with zero attached hydrogens (tertiary/aromatic N) is 1. The van der Waals surface area contributed by atoms with Crippen molar-refractivity contribution in [3.8, 4) is 0 Å². The highest BCUT2D eigenvalue weighted by atomic mass is 35.5. The summed E-state index contributed by atoms with van der Waals surface area (Å²) < 4.78 is 17.6. The van der Waals surface area contributed by atoms with Crippen LogP contribution in [0.3, 0.4) is 0 Å². The summed E-state index contributed by atoms with van der Waals surface area (Å²) in [6, 6.07) is 1.39. The summed E-state index contributed by atoms with van der Waals surface area (Å²) in [6.07, 6.45) is 5.59. The predicted molar refractivity (Wildman–Crippen MR) is 59.9 cm³/mol. The number of methoxy groups -OCH3 is 1. The van der Waals surface area contributed by atoms with Crippen LogP contribution < -0.4 is 0 Å². The fourth-order valence-electron chi connectivity index (χ4n) is 1.09. The predicted octanol–water partition coefficient (Wildman–Crippen LogP) is 2.65. The minimum atomic E-state index is -0.832. The first-order valence-corrected chi connectivity index (χ1v) is 5.19. The van der Waals surface area contributed by atoms with E-state index in [1.807, 2.05) is 6.08 Å². The Balaban J connectivity index is 2.93. The second-order valence-corrected chi connectivity index (χ2v) is 3.36. The zero-order valence-corrected chi connectivity index (χ0v) is 9.50. The highest BCUT2D eigenvalue weighted by molar-refractivity contribution is 6.17. The molecule has 3 nitrogen and oxygen atoms in total. The first kappa shape index (κ1) is 12.6. The minimum Gasteiger partial charge on any atom is -0.465 e. The van der Waals surface area contributed by atoms with E-state index in [-0.39, 0.29) is 5.56 Å². The van der Waals surface area contributed by atoms with Crippen LogP contribution in [0.25, 0.3) is 6.08 Å². The molecule has 86 valence electrons. The van der Waals surface area contributed by atoms with Crippen molar-refractivity contribution in [2.45, 2.75) is 6.42 Å². The molecule has 0 aromatic carbocycles. The molecular weight excluding hydrogens is 233 g/mol. The maximum atomic E-state index is 13.1. The van der Waals surface area contributed by atoms with E-state index in [1.165, 1.54) is 19.4 Å². The Labute approximate surface area is 97.9 Å². The number of pyridine rings is 1. The van der Waals surface area contributed by atoms with Crippen molar-refractivity contribution in [3.05, 3.63) is 35.4 Å². The average Bonchev–Trinajstić information content (AvgIpc) is 2.30. The Morgan fingerprint density at radius 3 is 3.06 bits per heavy atom. The summed E-state index contributed by atoms with van der Waals surface area (Å²) in [5, 5.41) is 0. The molecule has 0 fully saturated rings. The van der Waals surface area contributed by atoms with Gasteiger partial charge < -0.3 is 4.74 Å². The quantitative estimate of drug-likeness (QED) is 0.464. The monoisotopic (exact) mass is 243 g/mol. The van der Waals surface area contributed by atoms with Crippen molar-refractivity contribution in [1.29, 1.82) is 0 Å². The number of hydrogen-bond acceptors (Lipinski definition) is 3. The van der Waals surface area contributed by atoms with Gasteiger partial charge >= 0.3 is 5.97 Å². The van der Waals surface area contributed by atoms with E-state index in [0.29, 0.717) is 17.9 Å². The number of carbonyl (C=O) groups is 1. The van der Waals surface area contributed by atoms with Crippen molar-refractivity contribution in [1.82, 2.24) is 4.98 Å². The third-order valence-corrected chi connectivity index (χ3v) is 2.07. The van der Waals surface area contributed by atoms with E-state index in [2.05, 4.69) is 9.72 Å². The molecule has 0 unspecified atom stereocenters. The Morgan fingerprint density at radius 1 is 1.69 bits per heavy atom. The maximum absolute atomic E-state index is 13.1. The highest BCUT2D eigenvalue weighted by Gasteiger charge is 2.13. The van der Waals surface area contributed by atoms with E-state index in [1.54, 1.807) is 6.08 Å². The van der Waals surface area contributed by atoms with Crippen LogP contribution in [0.1, 0.15) is 22.3 Å². The molecule has 0 bridgehead atoms. The standard InChI is InChI=1S/C11H11ClFNO2/c1-16-11(15)9-6-8(4-2-3-5-12)7-14-10(9)13/h2,4,6-7H,3,5H2,1H3. The molecule has 5 heteroatoms. The minimum absolute atomic E-state index is 0.171. The van der Waals surface area contributed by atoms with Gasteiger partial charge in [-0.15, -0.1) is 11.6 Å². The number of halogens is 2. The lowest BCUT2D eigenvalue weighted by molar-refractivity contribution is 0.0594. The lowest BCUT2D eigenvalue weighted by Gasteiger charge is -2.01. The molecule has 1 heterocycles. The molecule has 16 heavy (non-hydrogen) atoms. The van der Waals surface area contributed by atoms with Gasteiger partial charge in [-0.05, 0) is 18.1 Å². The number of allylic oxidation sites excluding steroid dienone is 1. The third kappa shape index (κ3) is 3.31. The molecule has 0 N–H and O–H groups in total. The van der Waals surface area contributed by atoms with Crippen LogP contribution >= 0.6 is 11.6 Å². The van der Waals surface area contributed by atoms with Gasteiger partial charge in [0.2, 0.25) is 5.95 Å². The largest absolute Gasteiger partial charge is 0.465 e. The van der Waals surface area contributed by atoms with E-state index in [9.17, 15) is 9.18 Å². The van der Waals surface area contributed by atoms with Gasteiger partial charge in [0.05, 0.1) is 7.11 Å². The average molecular weight is 244 g/mol. The van der Waals surface area contributed by atoms with Gasteiger partial charge in [0.25, 0.3) is 0 Å². The highest BCUT2D eigenvalue weighted by Crippen LogP contribution is 2.10. The number of aromatic nitrogens is 1. The zero-order valence-electron chi connectivity index (χ0n) is 8.74. The zero-order chi connectivity index (χ0) is 12.0. The molecular formula is C11H11ClFNO2. The Kier molecular flexibility index (Phi) is 4.92. The first-order chi connectivity index (χ1) is 7.69. The maximum Gasteiger partial charge on any atom is 0.342 e. The first-order valence-electron chi connectivity index (χ1n) is 4.65. The van der Waals surface area contributed by atoms with E-state index in [4.69, 9.17) is 11.6 Å². The van der Waals surface area contributed by atoms with Crippen LogP contribution in [-0.2, 0) is 4.74 Å². The summed E-state index contributed by atoms with van der Waals surface area (Å²) in [5.74, 6) is -1.06. The van der Waals surface area contributed by atoms with E-state index < -0.39 is 11.9 Å². The van der Waals surface area contributed by atoms with E-state index >= 15 is 0 Å². The van der Waals surface area contributed by atoms with Crippen LogP contribution in [-0.4, -0.2) is 23.9 Å². The molecule has 0 radical (unpaired) electrons. The second-order valence-electron chi connectivity index (χ2n) is 2.98. The van der Waals surface area contributed by atoms with Crippen LogP contribution in [0.15, 0.2) is 18.3 Å². The Bertz CT molecular complexity index is 407. The fourth-order valence-corrected chi connectivity index (χ4v) is 1.22. The SMILES string of the molecule is COC(=O)c1cc(C=CCCCl)cnc1F. The molecule has 1 aromatic heterocycles. The van der Waals surface area contributed by atoms with Gasteiger partial charge in [0, 0.05) is 12.1 Å². The summed E-state index contributed by atoms with van der Waals surface area (Å²) >= 11 is 5.50. The summed E-state index contributed by atoms with van der Waals surface area (Å²) in [5.41, 5.74) is 0.461. The molecule has 0 saturated heterocycles. The molecule has 0 saturated carbocycles. The van der Waals surface area contributed by atoms with Crippen LogP contribution in [0.4, 0.5) is 4.39 Å². The van der Waals surface area contributed by atoms with Crippen molar-refractivity contribution in [2.75, 3.05) is 13.0 Å². The topological polar surface area (TPSA) is 39.2 Å². The number of carbonyl (C=O) groups excluding carboxylic acids is 1. The Hall–Kier alpha value is -1.42. The smallest absolute Gasteiger partial charge is 0.342 e. The number of rotatable bonds is 4. The third-order valence-electron chi connectivity index (χ3n) is 1.85. The lowest BCUT2D eigenvalue weighted by Crippen LogP contribution is -2.06. The summed E-state index contributed by atoms with van der Waals surface area (Å²) in [6.45, 7) is 0. The van der Waals surface area contributed by atoms with Crippen LogP contribution in [0.5, 0.6) is 0 Å². The molecule has 0 atom stereocenters. The van der Waals surface area contributed by atoms with Gasteiger partial charge in [-0.25, -0.2) is 9.78 Å². The molecule has 0 aliphatic heterocycles.